The Hall–Kier alpha value is -2.84. The number of unbranched alkanes of at least 4 members (excludes halogenated alkanes) is 2. The van der Waals surface area contributed by atoms with E-state index in [1.54, 1.807) is 4.90 Å². The molecule has 4 rings (SSSR count). The number of carbonyl (C=O) groups excluding carboxylic acids is 1. The quantitative estimate of drug-likeness (QED) is 0.348. The molecular weight excluding hydrogens is 450 g/mol. The van der Waals surface area contributed by atoms with Gasteiger partial charge in [-0.2, -0.15) is 0 Å². The van der Waals surface area contributed by atoms with Crippen molar-refractivity contribution in [2.75, 3.05) is 51.9 Å². The SMILES string of the molecule is CCCCCOc1cccc(C(=O)N(CCCN(C)C)c2nc3cc4c(cc3s2)OCCO4)c1. The Morgan fingerprint density at radius 3 is 2.62 bits per heavy atom. The second-order valence-corrected chi connectivity index (χ2v) is 9.67. The molecule has 1 aliphatic rings. The van der Waals surface area contributed by atoms with Gasteiger partial charge in [0.2, 0.25) is 0 Å². The van der Waals surface area contributed by atoms with Crippen molar-refractivity contribution >= 4 is 32.6 Å². The summed E-state index contributed by atoms with van der Waals surface area (Å²) in [6, 6.07) is 11.3. The van der Waals surface area contributed by atoms with E-state index in [1.165, 1.54) is 11.3 Å². The van der Waals surface area contributed by atoms with Gasteiger partial charge < -0.3 is 19.1 Å². The minimum Gasteiger partial charge on any atom is -0.494 e. The predicted molar refractivity (Wildman–Crippen MR) is 137 cm³/mol. The Morgan fingerprint density at radius 2 is 1.85 bits per heavy atom. The number of ether oxygens (including phenoxy) is 3. The lowest BCUT2D eigenvalue weighted by atomic mass is 10.2. The summed E-state index contributed by atoms with van der Waals surface area (Å²) in [4.78, 5) is 22.4. The van der Waals surface area contributed by atoms with E-state index in [9.17, 15) is 4.79 Å². The molecule has 1 aromatic heterocycles. The molecule has 0 saturated heterocycles. The Labute approximate surface area is 205 Å². The summed E-state index contributed by atoms with van der Waals surface area (Å²) >= 11 is 1.50. The average Bonchev–Trinajstić information content (AvgIpc) is 3.25. The molecule has 182 valence electrons. The van der Waals surface area contributed by atoms with E-state index >= 15 is 0 Å². The van der Waals surface area contributed by atoms with Crippen LogP contribution < -0.4 is 19.1 Å². The molecule has 0 bridgehead atoms. The Morgan fingerprint density at radius 1 is 1.06 bits per heavy atom. The number of amides is 1. The average molecular weight is 484 g/mol. The number of hydrogen-bond donors (Lipinski definition) is 0. The van der Waals surface area contributed by atoms with Crippen molar-refractivity contribution in [1.82, 2.24) is 9.88 Å². The lowest BCUT2D eigenvalue weighted by Gasteiger charge is -2.21. The fraction of sp³-hybridized carbons (Fsp3) is 0.462. The largest absolute Gasteiger partial charge is 0.494 e. The number of rotatable bonds is 11. The number of fused-ring (bicyclic) bond motifs is 2. The molecule has 1 amide bonds. The van der Waals surface area contributed by atoms with Crippen LogP contribution in [0, 0.1) is 0 Å². The smallest absolute Gasteiger partial charge is 0.260 e. The summed E-state index contributed by atoms with van der Waals surface area (Å²) in [5, 5.41) is 0.676. The zero-order chi connectivity index (χ0) is 23.9. The highest BCUT2D eigenvalue weighted by molar-refractivity contribution is 7.22. The summed E-state index contributed by atoms with van der Waals surface area (Å²) in [6.45, 7) is 5.35. The third kappa shape index (κ3) is 5.98. The first kappa shape index (κ1) is 24.3. The first-order valence-corrected chi connectivity index (χ1v) is 12.8. The highest BCUT2D eigenvalue weighted by Crippen LogP contribution is 2.39. The number of aromatic nitrogens is 1. The van der Waals surface area contributed by atoms with Crippen molar-refractivity contribution in [2.24, 2.45) is 0 Å². The molecule has 3 aromatic rings. The lowest BCUT2D eigenvalue weighted by molar-refractivity contribution is 0.0985. The van der Waals surface area contributed by atoms with Gasteiger partial charge in [-0.3, -0.25) is 9.69 Å². The molecule has 34 heavy (non-hydrogen) atoms. The summed E-state index contributed by atoms with van der Waals surface area (Å²) < 4.78 is 18.3. The van der Waals surface area contributed by atoms with Gasteiger partial charge >= 0.3 is 0 Å². The van der Waals surface area contributed by atoms with Crippen molar-refractivity contribution < 1.29 is 19.0 Å². The van der Waals surface area contributed by atoms with Crippen LogP contribution in [0.5, 0.6) is 17.2 Å². The van der Waals surface area contributed by atoms with Gasteiger partial charge in [0.25, 0.3) is 5.91 Å². The second kappa shape index (κ2) is 11.5. The monoisotopic (exact) mass is 483 g/mol. The van der Waals surface area contributed by atoms with E-state index in [0.29, 0.717) is 42.8 Å². The fourth-order valence-electron chi connectivity index (χ4n) is 3.81. The second-order valence-electron chi connectivity index (χ2n) is 8.66. The summed E-state index contributed by atoms with van der Waals surface area (Å²) in [6.07, 6.45) is 4.13. The fourth-order valence-corrected chi connectivity index (χ4v) is 4.81. The van der Waals surface area contributed by atoms with Gasteiger partial charge in [0.05, 0.1) is 16.8 Å². The van der Waals surface area contributed by atoms with E-state index in [1.807, 2.05) is 50.5 Å². The van der Waals surface area contributed by atoms with Crippen molar-refractivity contribution in [1.29, 1.82) is 0 Å². The third-order valence-electron chi connectivity index (χ3n) is 5.60. The first-order chi connectivity index (χ1) is 16.5. The maximum Gasteiger partial charge on any atom is 0.260 e. The minimum absolute atomic E-state index is 0.0749. The van der Waals surface area contributed by atoms with Gasteiger partial charge in [0.1, 0.15) is 19.0 Å². The summed E-state index contributed by atoms with van der Waals surface area (Å²) in [5.74, 6) is 2.08. The predicted octanol–water partition coefficient (Wildman–Crippen LogP) is 5.24. The van der Waals surface area contributed by atoms with Gasteiger partial charge in [0, 0.05) is 24.2 Å². The van der Waals surface area contributed by atoms with Crippen LogP contribution in [0.25, 0.3) is 10.2 Å². The van der Waals surface area contributed by atoms with Gasteiger partial charge in [-0.15, -0.1) is 0 Å². The minimum atomic E-state index is -0.0749. The molecule has 8 heteroatoms. The van der Waals surface area contributed by atoms with Crippen molar-refractivity contribution in [3.8, 4) is 17.2 Å². The summed E-state index contributed by atoms with van der Waals surface area (Å²) in [5.41, 5.74) is 1.41. The van der Waals surface area contributed by atoms with Crippen LogP contribution in [0.3, 0.4) is 0 Å². The zero-order valence-electron chi connectivity index (χ0n) is 20.2. The van der Waals surface area contributed by atoms with Crippen LogP contribution in [0.1, 0.15) is 43.0 Å². The van der Waals surface area contributed by atoms with Crippen molar-refractivity contribution in [3.63, 3.8) is 0 Å². The summed E-state index contributed by atoms with van der Waals surface area (Å²) in [7, 11) is 4.07. The van der Waals surface area contributed by atoms with Crippen LogP contribution in [-0.2, 0) is 0 Å². The van der Waals surface area contributed by atoms with Gasteiger partial charge in [-0.05, 0) is 51.7 Å². The Balaban J connectivity index is 1.59. The van der Waals surface area contributed by atoms with Crippen LogP contribution in [0.15, 0.2) is 36.4 Å². The lowest BCUT2D eigenvalue weighted by Crippen LogP contribution is -2.33. The normalized spacial score (nSPS) is 12.8. The number of hydrogen-bond acceptors (Lipinski definition) is 7. The maximum atomic E-state index is 13.7. The maximum absolute atomic E-state index is 13.7. The van der Waals surface area contributed by atoms with Gasteiger partial charge in [0.15, 0.2) is 16.6 Å². The van der Waals surface area contributed by atoms with Gasteiger partial charge in [-0.25, -0.2) is 4.98 Å². The van der Waals surface area contributed by atoms with Crippen LogP contribution >= 0.6 is 11.3 Å². The molecule has 0 aliphatic carbocycles. The molecule has 1 aliphatic heterocycles. The molecule has 0 saturated carbocycles. The molecular formula is C26H33N3O4S. The van der Waals surface area contributed by atoms with Crippen LogP contribution in [-0.4, -0.2) is 62.8 Å². The van der Waals surface area contributed by atoms with Crippen molar-refractivity contribution in [2.45, 2.75) is 32.6 Å². The van der Waals surface area contributed by atoms with Crippen LogP contribution in [0.4, 0.5) is 5.13 Å². The molecule has 0 radical (unpaired) electrons. The van der Waals surface area contributed by atoms with E-state index in [2.05, 4.69) is 11.8 Å². The molecule has 7 nitrogen and oxygen atoms in total. The Bertz CT molecular complexity index is 1070. The first-order valence-electron chi connectivity index (χ1n) is 11.9. The topological polar surface area (TPSA) is 64.1 Å². The molecule has 0 atom stereocenters. The number of benzene rings is 2. The number of anilines is 1. The van der Waals surface area contributed by atoms with Gasteiger partial charge in [-0.1, -0.05) is 37.2 Å². The number of carbonyl (C=O) groups is 1. The standard InChI is InChI=1S/C26H33N3O4S/c1-4-5-6-13-31-20-10-7-9-19(16-20)25(30)29(12-8-11-28(2)3)26-27-21-17-22-23(18-24(21)34-26)33-15-14-32-22/h7,9-10,16-18H,4-6,8,11-15H2,1-3H3. The van der Waals surface area contributed by atoms with Crippen LogP contribution in [0.2, 0.25) is 0 Å². The highest BCUT2D eigenvalue weighted by Gasteiger charge is 2.23. The van der Waals surface area contributed by atoms with Crippen molar-refractivity contribution in [3.05, 3.63) is 42.0 Å². The van der Waals surface area contributed by atoms with E-state index in [4.69, 9.17) is 19.2 Å². The molecule has 2 heterocycles. The molecule has 0 N–H and O–H groups in total. The highest BCUT2D eigenvalue weighted by atomic mass is 32.1. The molecule has 0 spiro atoms. The Kier molecular flexibility index (Phi) is 8.24. The molecule has 2 aromatic carbocycles. The number of nitrogens with zero attached hydrogens (tertiary/aromatic N) is 3. The number of thiazole rings is 1. The molecule has 0 unspecified atom stereocenters. The zero-order valence-corrected chi connectivity index (χ0v) is 21.0. The third-order valence-corrected chi connectivity index (χ3v) is 6.64. The molecule has 0 fully saturated rings. The van der Waals surface area contributed by atoms with E-state index < -0.39 is 0 Å². The van der Waals surface area contributed by atoms with E-state index in [0.717, 1.165) is 53.9 Å². The van der Waals surface area contributed by atoms with E-state index in [-0.39, 0.29) is 5.91 Å².